The van der Waals surface area contributed by atoms with Gasteiger partial charge in [-0.25, -0.2) is 0 Å². The normalized spacial score (nSPS) is 10.1. The molecule has 3 heteroatoms. The molecule has 0 saturated carbocycles. The van der Waals surface area contributed by atoms with Crippen LogP contribution < -0.4 is 0 Å². The molecule has 0 aliphatic carbocycles. The Morgan fingerprint density at radius 3 is 2.83 bits per heavy atom. The Balaban J connectivity index is 2.55. The van der Waals surface area contributed by atoms with Crippen LogP contribution in [0.3, 0.4) is 0 Å². The van der Waals surface area contributed by atoms with E-state index in [-0.39, 0.29) is 0 Å². The molecule has 0 amide bonds. The number of aromatic nitrogens is 2. The van der Waals surface area contributed by atoms with E-state index in [0.717, 1.165) is 11.1 Å². The van der Waals surface area contributed by atoms with Crippen LogP contribution in [0.5, 0.6) is 0 Å². The van der Waals surface area contributed by atoms with Gasteiger partial charge in [0.1, 0.15) is 0 Å². The zero-order chi connectivity index (χ0) is 8.39. The fourth-order valence-corrected chi connectivity index (χ4v) is 1.07. The van der Waals surface area contributed by atoms with E-state index < -0.39 is 0 Å². The second-order valence-corrected chi connectivity index (χ2v) is 2.51. The third-order valence-corrected chi connectivity index (χ3v) is 1.70. The summed E-state index contributed by atoms with van der Waals surface area (Å²) in [5.74, 6) is 0.521. The van der Waals surface area contributed by atoms with Gasteiger partial charge in [-0.2, -0.15) is 0 Å². The monoisotopic (exact) mass is 159 g/mol. The van der Waals surface area contributed by atoms with Gasteiger partial charge in [-0.15, -0.1) is 10.2 Å². The summed E-state index contributed by atoms with van der Waals surface area (Å²) in [5.41, 5.74) is 2.08. The molecule has 3 nitrogen and oxygen atoms in total. The highest BCUT2D eigenvalue weighted by atomic mass is 16.4. The molecule has 0 unspecified atom stereocenters. The van der Waals surface area contributed by atoms with E-state index in [1.54, 1.807) is 0 Å². The number of nitrogens with zero attached hydrogens (tertiary/aromatic N) is 2. The third kappa shape index (κ3) is 1.09. The Kier molecular flexibility index (Phi) is 1.63. The van der Waals surface area contributed by atoms with Crippen molar-refractivity contribution in [1.29, 1.82) is 0 Å². The second kappa shape index (κ2) is 2.77. The van der Waals surface area contributed by atoms with E-state index in [9.17, 15) is 0 Å². The largest absolute Gasteiger partial charge is 0.412 e. The molecule has 0 N–H and O–H groups in total. The van der Waals surface area contributed by atoms with Gasteiger partial charge in [-0.3, -0.25) is 0 Å². The van der Waals surface area contributed by atoms with Crippen LogP contribution in [0.1, 0.15) is 5.56 Å². The lowest BCUT2D eigenvalue weighted by Crippen LogP contribution is -1.81. The molecular formula is C9H7N2O. The van der Waals surface area contributed by atoms with Gasteiger partial charge in [-0.05, 0) is 18.6 Å². The molecular weight excluding hydrogens is 152 g/mol. The first-order chi connectivity index (χ1) is 5.88. The first-order valence-electron chi connectivity index (χ1n) is 3.63. The average molecular weight is 159 g/mol. The predicted molar refractivity (Wildman–Crippen MR) is 43.3 cm³/mol. The zero-order valence-corrected chi connectivity index (χ0v) is 6.61. The maximum absolute atomic E-state index is 4.95. The topological polar surface area (TPSA) is 38.9 Å². The van der Waals surface area contributed by atoms with Crippen LogP contribution in [-0.2, 0) is 0 Å². The second-order valence-electron chi connectivity index (χ2n) is 2.51. The van der Waals surface area contributed by atoms with Crippen molar-refractivity contribution >= 4 is 0 Å². The number of benzene rings is 1. The fraction of sp³-hybridized carbons (Fsp3) is 0.111. The first kappa shape index (κ1) is 7.03. The minimum absolute atomic E-state index is 0.521. The van der Waals surface area contributed by atoms with Gasteiger partial charge in [0, 0.05) is 5.56 Å². The average Bonchev–Trinajstić information content (AvgIpc) is 2.57. The Labute approximate surface area is 70.1 Å². The summed E-state index contributed by atoms with van der Waals surface area (Å²) in [7, 11) is 0. The SMILES string of the molecule is Cc1ccccc1-c1nn[c]o1. The predicted octanol–water partition coefficient (Wildman–Crippen LogP) is 1.85. The van der Waals surface area contributed by atoms with E-state index in [1.165, 1.54) is 0 Å². The maximum Gasteiger partial charge on any atom is 0.306 e. The van der Waals surface area contributed by atoms with Crippen molar-refractivity contribution in [3.8, 4) is 11.5 Å². The van der Waals surface area contributed by atoms with Gasteiger partial charge in [0.15, 0.2) is 0 Å². The van der Waals surface area contributed by atoms with E-state index in [2.05, 4.69) is 16.6 Å². The molecule has 0 aliphatic rings. The summed E-state index contributed by atoms with van der Waals surface area (Å²) in [6.07, 6.45) is 2.32. The van der Waals surface area contributed by atoms with Crippen molar-refractivity contribution in [3.05, 3.63) is 36.2 Å². The molecule has 59 valence electrons. The molecule has 1 aromatic carbocycles. The van der Waals surface area contributed by atoms with E-state index in [0.29, 0.717) is 5.89 Å². The zero-order valence-electron chi connectivity index (χ0n) is 6.61. The van der Waals surface area contributed by atoms with E-state index in [4.69, 9.17) is 4.42 Å². The minimum atomic E-state index is 0.521. The van der Waals surface area contributed by atoms with Crippen LogP contribution in [0, 0.1) is 13.3 Å². The molecule has 1 aromatic heterocycles. The van der Waals surface area contributed by atoms with Crippen LogP contribution in [0.25, 0.3) is 11.5 Å². The number of hydrogen-bond acceptors (Lipinski definition) is 3. The van der Waals surface area contributed by atoms with Crippen LogP contribution >= 0.6 is 0 Å². The number of rotatable bonds is 1. The van der Waals surface area contributed by atoms with E-state index >= 15 is 0 Å². The standard InChI is InChI=1S/C9H7N2O/c1-7-4-2-3-5-8(7)9-11-10-6-12-9/h2-5H,1H3. The van der Waals surface area contributed by atoms with Gasteiger partial charge in [0.2, 0.25) is 5.89 Å². The Morgan fingerprint density at radius 1 is 1.33 bits per heavy atom. The van der Waals surface area contributed by atoms with Crippen molar-refractivity contribution in [2.45, 2.75) is 6.92 Å². The van der Waals surface area contributed by atoms with Gasteiger partial charge < -0.3 is 4.42 Å². The quantitative estimate of drug-likeness (QED) is 0.637. The van der Waals surface area contributed by atoms with Gasteiger partial charge in [0.25, 0.3) is 0 Å². The van der Waals surface area contributed by atoms with Crippen molar-refractivity contribution in [2.24, 2.45) is 0 Å². The molecule has 0 aliphatic heterocycles. The minimum Gasteiger partial charge on any atom is -0.412 e. The van der Waals surface area contributed by atoms with Crippen molar-refractivity contribution in [2.75, 3.05) is 0 Å². The summed E-state index contributed by atoms with van der Waals surface area (Å²) < 4.78 is 4.95. The van der Waals surface area contributed by atoms with Gasteiger partial charge >= 0.3 is 6.39 Å². The first-order valence-corrected chi connectivity index (χ1v) is 3.63. The lowest BCUT2D eigenvalue weighted by atomic mass is 10.1. The summed E-state index contributed by atoms with van der Waals surface area (Å²) in [5, 5.41) is 7.27. The van der Waals surface area contributed by atoms with Crippen molar-refractivity contribution in [1.82, 2.24) is 10.2 Å². The molecule has 1 heterocycles. The molecule has 12 heavy (non-hydrogen) atoms. The van der Waals surface area contributed by atoms with Crippen LogP contribution in [0.15, 0.2) is 28.7 Å². The molecule has 0 saturated heterocycles. The molecule has 0 atom stereocenters. The molecule has 2 aromatic rings. The van der Waals surface area contributed by atoms with Crippen molar-refractivity contribution in [3.63, 3.8) is 0 Å². The number of hydrogen-bond donors (Lipinski definition) is 0. The van der Waals surface area contributed by atoms with Crippen LogP contribution in [-0.4, -0.2) is 10.2 Å². The summed E-state index contributed by atoms with van der Waals surface area (Å²) in [6, 6.07) is 7.85. The molecule has 0 bridgehead atoms. The van der Waals surface area contributed by atoms with Crippen LogP contribution in [0.4, 0.5) is 0 Å². The Bertz CT molecular complexity index is 368. The smallest absolute Gasteiger partial charge is 0.306 e. The summed E-state index contributed by atoms with van der Waals surface area (Å²) in [4.78, 5) is 0. The van der Waals surface area contributed by atoms with Crippen LogP contribution in [0.2, 0.25) is 0 Å². The highest BCUT2D eigenvalue weighted by molar-refractivity contribution is 5.57. The Morgan fingerprint density at radius 2 is 2.17 bits per heavy atom. The molecule has 0 spiro atoms. The molecule has 0 fully saturated rings. The lowest BCUT2D eigenvalue weighted by molar-refractivity contribution is 0.558. The summed E-state index contributed by atoms with van der Waals surface area (Å²) >= 11 is 0. The highest BCUT2D eigenvalue weighted by Crippen LogP contribution is 2.19. The number of aryl methyl sites for hydroxylation is 1. The summed E-state index contributed by atoms with van der Waals surface area (Å²) in [6.45, 7) is 2.00. The Hall–Kier alpha value is -1.64. The fourth-order valence-electron chi connectivity index (χ4n) is 1.07. The van der Waals surface area contributed by atoms with Crippen molar-refractivity contribution < 1.29 is 4.42 Å². The van der Waals surface area contributed by atoms with Gasteiger partial charge in [-0.1, -0.05) is 18.2 Å². The third-order valence-electron chi connectivity index (χ3n) is 1.70. The maximum atomic E-state index is 4.95. The van der Waals surface area contributed by atoms with Gasteiger partial charge in [0.05, 0.1) is 0 Å². The highest BCUT2D eigenvalue weighted by Gasteiger charge is 2.04. The van der Waals surface area contributed by atoms with E-state index in [1.807, 2.05) is 31.2 Å². The lowest BCUT2D eigenvalue weighted by Gasteiger charge is -1.97. The molecule has 1 radical (unpaired) electrons. The molecule has 2 rings (SSSR count).